The number of hydrogen-bond donors (Lipinski definition) is 1. The highest BCUT2D eigenvalue weighted by atomic mass is 79.9. The molecule has 2 N–H and O–H groups in total. The molecule has 1 fully saturated rings. The third-order valence-electron chi connectivity index (χ3n) is 4.76. The summed E-state index contributed by atoms with van der Waals surface area (Å²) in [5.41, 5.74) is 7.79. The Labute approximate surface area is 136 Å². The van der Waals surface area contributed by atoms with Crippen LogP contribution >= 0.6 is 27.5 Å². The lowest BCUT2D eigenvalue weighted by atomic mass is 9.83. The van der Waals surface area contributed by atoms with Gasteiger partial charge in [-0.05, 0) is 55.2 Å². The second-order valence-electron chi connectivity index (χ2n) is 6.71. The van der Waals surface area contributed by atoms with Crippen molar-refractivity contribution in [1.29, 1.82) is 0 Å². The van der Waals surface area contributed by atoms with E-state index in [1.54, 1.807) is 0 Å². The maximum Gasteiger partial charge on any atom is 0.0449 e. The highest BCUT2D eigenvalue weighted by molar-refractivity contribution is 9.10. The van der Waals surface area contributed by atoms with Gasteiger partial charge < -0.3 is 5.73 Å². The first-order valence-electron chi connectivity index (χ1n) is 7.62. The van der Waals surface area contributed by atoms with Crippen molar-refractivity contribution < 1.29 is 0 Å². The Hall–Kier alpha value is -0.0500. The SMILES string of the molecule is CC(C)C1CCCC(N)(Cc2ccc(Br)cc2Cl)CC1. The third kappa shape index (κ3) is 4.22. The summed E-state index contributed by atoms with van der Waals surface area (Å²) in [7, 11) is 0. The molecule has 1 saturated carbocycles. The standard InChI is InChI=1S/C17H25BrClN/c1-12(2)13-4-3-8-17(20,9-7-13)11-14-5-6-15(18)10-16(14)19/h5-6,10,12-13H,3-4,7-9,11,20H2,1-2H3. The Morgan fingerprint density at radius 2 is 2.10 bits per heavy atom. The fraction of sp³-hybridized carbons (Fsp3) is 0.647. The summed E-state index contributed by atoms with van der Waals surface area (Å²) in [5.74, 6) is 1.61. The molecule has 1 nitrogen and oxygen atoms in total. The van der Waals surface area contributed by atoms with Gasteiger partial charge in [0.25, 0.3) is 0 Å². The summed E-state index contributed by atoms with van der Waals surface area (Å²) < 4.78 is 1.03. The first-order valence-corrected chi connectivity index (χ1v) is 8.79. The van der Waals surface area contributed by atoms with Crippen molar-refractivity contribution in [2.75, 3.05) is 0 Å². The largest absolute Gasteiger partial charge is 0.325 e. The van der Waals surface area contributed by atoms with Gasteiger partial charge in [-0.1, -0.05) is 60.3 Å². The summed E-state index contributed by atoms with van der Waals surface area (Å²) in [6.45, 7) is 4.67. The minimum atomic E-state index is -0.0822. The number of nitrogens with two attached hydrogens (primary N) is 1. The lowest BCUT2D eigenvalue weighted by molar-refractivity contribution is 0.322. The quantitative estimate of drug-likeness (QED) is 0.701. The predicted octanol–water partition coefficient (Wildman–Crippen LogP) is 5.58. The molecule has 0 bridgehead atoms. The van der Waals surface area contributed by atoms with Crippen LogP contribution in [0, 0.1) is 11.8 Å². The molecule has 2 rings (SSSR count). The van der Waals surface area contributed by atoms with Gasteiger partial charge in [0.1, 0.15) is 0 Å². The van der Waals surface area contributed by atoms with Crippen LogP contribution in [0.5, 0.6) is 0 Å². The molecular weight excluding hydrogens is 334 g/mol. The van der Waals surface area contributed by atoms with Gasteiger partial charge in [-0.25, -0.2) is 0 Å². The van der Waals surface area contributed by atoms with Gasteiger partial charge in [0.15, 0.2) is 0 Å². The van der Waals surface area contributed by atoms with Crippen LogP contribution in [-0.2, 0) is 6.42 Å². The van der Waals surface area contributed by atoms with Gasteiger partial charge >= 0.3 is 0 Å². The van der Waals surface area contributed by atoms with Crippen LogP contribution in [0.15, 0.2) is 22.7 Å². The van der Waals surface area contributed by atoms with Crippen molar-refractivity contribution in [2.24, 2.45) is 17.6 Å². The van der Waals surface area contributed by atoms with Gasteiger partial charge in [0, 0.05) is 15.0 Å². The van der Waals surface area contributed by atoms with Crippen LogP contribution < -0.4 is 5.73 Å². The summed E-state index contributed by atoms with van der Waals surface area (Å²) >= 11 is 9.80. The molecule has 1 aromatic carbocycles. The Morgan fingerprint density at radius 1 is 1.35 bits per heavy atom. The van der Waals surface area contributed by atoms with E-state index < -0.39 is 0 Å². The zero-order valence-electron chi connectivity index (χ0n) is 12.5. The molecule has 2 unspecified atom stereocenters. The molecule has 1 aromatic rings. The van der Waals surface area contributed by atoms with E-state index in [1.807, 2.05) is 6.07 Å². The van der Waals surface area contributed by atoms with E-state index >= 15 is 0 Å². The van der Waals surface area contributed by atoms with Crippen molar-refractivity contribution in [3.63, 3.8) is 0 Å². The van der Waals surface area contributed by atoms with Crippen molar-refractivity contribution in [2.45, 2.75) is 57.9 Å². The van der Waals surface area contributed by atoms with Gasteiger partial charge in [-0.15, -0.1) is 0 Å². The zero-order chi connectivity index (χ0) is 14.8. The molecule has 112 valence electrons. The minimum absolute atomic E-state index is 0.0822. The summed E-state index contributed by atoms with van der Waals surface area (Å²) in [6, 6.07) is 6.12. The average Bonchev–Trinajstić information content (AvgIpc) is 2.55. The topological polar surface area (TPSA) is 26.0 Å². The van der Waals surface area contributed by atoms with E-state index in [1.165, 1.54) is 24.8 Å². The van der Waals surface area contributed by atoms with Gasteiger partial charge in [-0.3, -0.25) is 0 Å². The normalized spacial score (nSPS) is 27.6. The predicted molar refractivity (Wildman–Crippen MR) is 91.2 cm³/mol. The first-order chi connectivity index (χ1) is 9.39. The Kier molecular flexibility index (Phi) is 5.56. The molecule has 0 heterocycles. The molecule has 3 heteroatoms. The second kappa shape index (κ2) is 6.81. The number of halogens is 2. The Balaban J connectivity index is 2.07. The molecule has 0 aliphatic heterocycles. The fourth-order valence-corrected chi connectivity index (χ4v) is 4.09. The van der Waals surface area contributed by atoms with Crippen molar-refractivity contribution in [1.82, 2.24) is 0 Å². The van der Waals surface area contributed by atoms with Crippen molar-refractivity contribution in [3.05, 3.63) is 33.3 Å². The molecule has 1 aliphatic carbocycles. The van der Waals surface area contributed by atoms with E-state index in [2.05, 4.69) is 41.9 Å². The minimum Gasteiger partial charge on any atom is -0.325 e. The zero-order valence-corrected chi connectivity index (χ0v) is 14.8. The summed E-state index contributed by atoms with van der Waals surface area (Å²) in [6.07, 6.45) is 6.94. The molecule has 1 aliphatic rings. The molecule has 0 saturated heterocycles. The second-order valence-corrected chi connectivity index (χ2v) is 8.03. The molecule has 2 atom stereocenters. The molecule has 0 amide bonds. The van der Waals surface area contributed by atoms with E-state index in [-0.39, 0.29) is 5.54 Å². The summed E-state index contributed by atoms with van der Waals surface area (Å²) in [5, 5.41) is 0.828. The first kappa shape index (κ1) is 16.3. The van der Waals surface area contributed by atoms with Crippen LogP contribution in [0.2, 0.25) is 5.02 Å². The average molecular weight is 359 g/mol. The van der Waals surface area contributed by atoms with E-state index in [9.17, 15) is 0 Å². The van der Waals surface area contributed by atoms with E-state index in [0.29, 0.717) is 0 Å². The van der Waals surface area contributed by atoms with E-state index in [4.69, 9.17) is 17.3 Å². The molecule has 0 aromatic heterocycles. The maximum absolute atomic E-state index is 6.69. The highest BCUT2D eigenvalue weighted by Gasteiger charge is 2.30. The highest BCUT2D eigenvalue weighted by Crippen LogP contribution is 2.35. The Morgan fingerprint density at radius 3 is 2.75 bits per heavy atom. The fourth-order valence-electron chi connectivity index (χ4n) is 3.35. The van der Waals surface area contributed by atoms with Crippen LogP contribution in [0.25, 0.3) is 0 Å². The Bertz CT molecular complexity index is 460. The molecule has 20 heavy (non-hydrogen) atoms. The smallest absolute Gasteiger partial charge is 0.0449 e. The van der Waals surface area contributed by atoms with Crippen LogP contribution in [0.4, 0.5) is 0 Å². The molecule has 0 radical (unpaired) electrons. The van der Waals surface area contributed by atoms with E-state index in [0.717, 1.165) is 40.6 Å². The number of hydrogen-bond acceptors (Lipinski definition) is 1. The van der Waals surface area contributed by atoms with Crippen molar-refractivity contribution in [3.8, 4) is 0 Å². The van der Waals surface area contributed by atoms with Gasteiger partial charge in [0.05, 0.1) is 0 Å². The van der Waals surface area contributed by atoms with Crippen LogP contribution in [0.3, 0.4) is 0 Å². The molecular formula is C17H25BrClN. The van der Waals surface area contributed by atoms with Crippen molar-refractivity contribution >= 4 is 27.5 Å². The lowest BCUT2D eigenvalue weighted by Gasteiger charge is -2.29. The molecule has 0 spiro atoms. The summed E-state index contributed by atoms with van der Waals surface area (Å²) in [4.78, 5) is 0. The maximum atomic E-state index is 6.69. The number of rotatable bonds is 3. The van der Waals surface area contributed by atoms with Gasteiger partial charge in [-0.2, -0.15) is 0 Å². The van der Waals surface area contributed by atoms with Crippen LogP contribution in [0.1, 0.15) is 51.5 Å². The number of benzene rings is 1. The lowest BCUT2D eigenvalue weighted by Crippen LogP contribution is -2.41. The van der Waals surface area contributed by atoms with Crippen LogP contribution in [-0.4, -0.2) is 5.54 Å². The monoisotopic (exact) mass is 357 g/mol. The van der Waals surface area contributed by atoms with Gasteiger partial charge in [0.2, 0.25) is 0 Å². The third-order valence-corrected chi connectivity index (χ3v) is 5.61.